The maximum absolute atomic E-state index is 13.2. The molecule has 0 radical (unpaired) electrons. The van der Waals surface area contributed by atoms with Crippen LogP contribution < -0.4 is 10.9 Å². The highest BCUT2D eigenvalue weighted by Crippen LogP contribution is 2.39. The summed E-state index contributed by atoms with van der Waals surface area (Å²) in [5, 5.41) is 4.90. The number of hydrogen-bond donors (Lipinski definition) is 1. The summed E-state index contributed by atoms with van der Waals surface area (Å²) in [7, 11) is 0. The van der Waals surface area contributed by atoms with Gasteiger partial charge in [-0.15, -0.1) is 11.3 Å². The molecule has 1 aromatic carbocycles. The van der Waals surface area contributed by atoms with Crippen molar-refractivity contribution in [3.8, 4) is 0 Å². The van der Waals surface area contributed by atoms with E-state index in [0.717, 1.165) is 36.1 Å². The summed E-state index contributed by atoms with van der Waals surface area (Å²) in [6.45, 7) is 6.75. The fraction of sp³-hybridized carbons (Fsp3) is 0.440. The SMILES string of the molecule is CCOC(=O)c1c(NC(=O)CSc2nc3cc(Cl)ccc3c(=O)n2CCC(C)C)sc2c1CCC2. The largest absolute Gasteiger partial charge is 0.462 e. The molecule has 1 aliphatic rings. The maximum atomic E-state index is 13.2. The molecule has 0 saturated carbocycles. The van der Waals surface area contributed by atoms with Crippen LogP contribution in [0.4, 0.5) is 5.00 Å². The lowest BCUT2D eigenvalue weighted by Gasteiger charge is -2.14. The van der Waals surface area contributed by atoms with Gasteiger partial charge >= 0.3 is 5.97 Å². The molecule has 10 heteroatoms. The molecule has 3 aromatic rings. The number of thioether (sulfide) groups is 1. The van der Waals surface area contributed by atoms with Gasteiger partial charge in [0.05, 0.1) is 28.8 Å². The number of fused-ring (bicyclic) bond motifs is 2. The quantitative estimate of drug-likeness (QED) is 0.220. The Balaban J connectivity index is 1.57. The number of hydrogen-bond acceptors (Lipinski definition) is 7. The van der Waals surface area contributed by atoms with Gasteiger partial charge in [-0.05, 0) is 62.3 Å². The Labute approximate surface area is 217 Å². The van der Waals surface area contributed by atoms with Crippen molar-refractivity contribution in [3.63, 3.8) is 0 Å². The molecule has 35 heavy (non-hydrogen) atoms. The molecule has 0 bridgehead atoms. The van der Waals surface area contributed by atoms with E-state index in [1.54, 1.807) is 29.7 Å². The number of esters is 1. The Bertz CT molecular complexity index is 1330. The Morgan fingerprint density at radius 3 is 2.86 bits per heavy atom. The normalized spacial score (nSPS) is 12.8. The van der Waals surface area contributed by atoms with Crippen LogP contribution in [0.15, 0.2) is 28.2 Å². The lowest BCUT2D eigenvalue weighted by molar-refractivity contribution is -0.113. The summed E-state index contributed by atoms with van der Waals surface area (Å²) < 4.78 is 6.88. The third kappa shape index (κ3) is 5.73. The van der Waals surface area contributed by atoms with Crippen molar-refractivity contribution in [2.45, 2.75) is 58.2 Å². The van der Waals surface area contributed by atoms with Crippen LogP contribution in [0.5, 0.6) is 0 Å². The van der Waals surface area contributed by atoms with Gasteiger partial charge in [-0.25, -0.2) is 9.78 Å². The van der Waals surface area contributed by atoms with Crippen LogP contribution >= 0.6 is 34.7 Å². The summed E-state index contributed by atoms with van der Waals surface area (Å²) in [6, 6.07) is 5.03. The van der Waals surface area contributed by atoms with Crippen molar-refractivity contribution in [2.24, 2.45) is 5.92 Å². The van der Waals surface area contributed by atoms with Gasteiger partial charge in [0.15, 0.2) is 5.16 Å². The van der Waals surface area contributed by atoms with Crippen LogP contribution in [0.2, 0.25) is 5.02 Å². The first-order chi connectivity index (χ1) is 16.8. The van der Waals surface area contributed by atoms with E-state index in [1.165, 1.54) is 23.1 Å². The third-order valence-corrected chi connectivity index (χ3v) is 8.22. The third-order valence-electron chi connectivity index (χ3n) is 5.80. The summed E-state index contributed by atoms with van der Waals surface area (Å²) in [5.74, 6) is -0.210. The standard InChI is InChI=1S/C25H28ClN3O4S2/c1-4-33-24(32)21-17-6-5-7-19(17)35-22(21)28-20(30)13-34-25-27-18-12-15(26)8-9-16(18)23(31)29(25)11-10-14(2)3/h8-9,12,14H,4-7,10-11,13H2,1-3H3,(H,28,30). The number of ether oxygens (including phenoxy) is 1. The lowest BCUT2D eigenvalue weighted by atomic mass is 10.1. The zero-order chi connectivity index (χ0) is 25.1. The topological polar surface area (TPSA) is 90.3 Å². The molecule has 1 amide bonds. The Hall–Kier alpha value is -2.36. The molecule has 0 spiro atoms. The van der Waals surface area contributed by atoms with Gasteiger partial charge in [-0.3, -0.25) is 14.2 Å². The molecular formula is C25H28ClN3O4S2. The number of rotatable bonds is 9. The van der Waals surface area contributed by atoms with E-state index in [2.05, 4.69) is 24.1 Å². The second-order valence-electron chi connectivity index (χ2n) is 8.81. The lowest BCUT2D eigenvalue weighted by Crippen LogP contribution is -2.25. The number of anilines is 1. The zero-order valence-corrected chi connectivity index (χ0v) is 22.4. The van der Waals surface area contributed by atoms with Gasteiger partial charge in [0, 0.05) is 16.4 Å². The molecule has 1 aliphatic carbocycles. The van der Waals surface area contributed by atoms with E-state index in [-0.39, 0.29) is 23.8 Å². The number of amides is 1. The molecule has 0 saturated heterocycles. The number of carbonyl (C=O) groups excluding carboxylic acids is 2. The molecule has 0 aliphatic heterocycles. The van der Waals surface area contributed by atoms with Crippen LogP contribution in [0.25, 0.3) is 10.9 Å². The molecule has 2 aromatic heterocycles. The van der Waals surface area contributed by atoms with Gasteiger partial charge in [0.2, 0.25) is 5.91 Å². The first-order valence-electron chi connectivity index (χ1n) is 11.7. The highest BCUT2D eigenvalue weighted by atomic mass is 35.5. The highest BCUT2D eigenvalue weighted by Gasteiger charge is 2.28. The van der Waals surface area contributed by atoms with E-state index in [0.29, 0.717) is 44.1 Å². The van der Waals surface area contributed by atoms with Gasteiger partial charge in [-0.2, -0.15) is 0 Å². The molecule has 4 rings (SSSR count). The Kier molecular flexibility index (Phi) is 8.19. The van der Waals surface area contributed by atoms with Crippen molar-refractivity contribution in [1.82, 2.24) is 9.55 Å². The summed E-state index contributed by atoms with van der Waals surface area (Å²) >= 11 is 8.77. The van der Waals surface area contributed by atoms with Gasteiger partial charge < -0.3 is 10.1 Å². The molecule has 0 unspecified atom stereocenters. The molecule has 186 valence electrons. The molecule has 1 N–H and O–H groups in total. The average molecular weight is 534 g/mol. The van der Waals surface area contributed by atoms with Gasteiger partial charge in [0.25, 0.3) is 5.56 Å². The van der Waals surface area contributed by atoms with E-state index in [4.69, 9.17) is 16.3 Å². The smallest absolute Gasteiger partial charge is 0.341 e. The highest BCUT2D eigenvalue weighted by molar-refractivity contribution is 7.99. The van der Waals surface area contributed by atoms with Gasteiger partial charge in [0.1, 0.15) is 5.00 Å². The van der Waals surface area contributed by atoms with Crippen molar-refractivity contribution in [1.29, 1.82) is 0 Å². The first-order valence-corrected chi connectivity index (χ1v) is 13.9. The number of thiophene rings is 1. The number of benzene rings is 1. The van der Waals surface area contributed by atoms with Crippen molar-refractivity contribution < 1.29 is 14.3 Å². The summed E-state index contributed by atoms with van der Waals surface area (Å²) in [6.07, 6.45) is 3.53. The number of halogens is 1. The summed E-state index contributed by atoms with van der Waals surface area (Å²) in [4.78, 5) is 44.5. The number of carbonyl (C=O) groups is 2. The summed E-state index contributed by atoms with van der Waals surface area (Å²) in [5.41, 5.74) is 1.84. The van der Waals surface area contributed by atoms with E-state index in [9.17, 15) is 14.4 Å². The minimum Gasteiger partial charge on any atom is -0.462 e. The van der Waals surface area contributed by atoms with Crippen molar-refractivity contribution in [3.05, 3.63) is 49.6 Å². The monoisotopic (exact) mass is 533 g/mol. The number of aromatic nitrogens is 2. The van der Waals surface area contributed by atoms with Crippen LogP contribution in [-0.2, 0) is 28.9 Å². The molecule has 7 nitrogen and oxygen atoms in total. The first kappa shape index (κ1) is 25.7. The number of nitrogens with zero attached hydrogens (tertiary/aromatic N) is 2. The number of nitrogens with one attached hydrogen (secondary N) is 1. The molecular weight excluding hydrogens is 506 g/mol. The van der Waals surface area contributed by atoms with E-state index in [1.807, 2.05) is 0 Å². The average Bonchev–Trinajstić information content (AvgIpc) is 3.37. The minimum absolute atomic E-state index is 0.0466. The fourth-order valence-electron chi connectivity index (χ4n) is 4.07. The number of aryl methyl sites for hydroxylation is 1. The van der Waals surface area contributed by atoms with Crippen molar-refractivity contribution in [2.75, 3.05) is 17.7 Å². The van der Waals surface area contributed by atoms with Crippen LogP contribution in [-0.4, -0.2) is 33.8 Å². The molecule has 2 heterocycles. The maximum Gasteiger partial charge on any atom is 0.341 e. The molecule has 0 atom stereocenters. The van der Waals surface area contributed by atoms with Crippen LogP contribution in [0.3, 0.4) is 0 Å². The van der Waals surface area contributed by atoms with E-state index >= 15 is 0 Å². The fourth-order valence-corrected chi connectivity index (χ4v) is 6.36. The molecule has 0 fully saturated rings. The van der Waals surface area contributed by atoms with E-state index < -0.39 is 5.97 Å². The van der Waals surface area contributed by atoms with Gasteiger partial charge in [-0.1, -0.05) is 37.2 Å². The second kappa shape index (κ2) is 11.1. The van der Waals surface area contributed by atoms with Crippen LogP contribution in [0, 0.1) is 5.92 Å². The zero-order valence-electron chi connectivity index (χ0n) is 20.0. The minimum atomic E-state index is -0.398. The van der Waals surface area contributed by atoms with Crippen molar-refractivity contribution >= 4 is 62.5 Å². The van der Waals surface area contributed by atoms with Crippen LogP contribution in [0.1, 0.15) is 54.4 Å². The Morgan fingerprint density at radius 1 is 1.31 bits per heavy atom. The Morgan fingerprint density at radius 2 is 2.11 bits per heavy atom. The second-order valence-corrected chi connectivity index (χ2v) is 11.3. The predicted molar refractivity (Wildman–Crippen MR) is 142 cm³/mol. The predicted octanol–water partition coefficient (Wildman–Crippen LogP) is 5.55.